The van der Waals surface area contributed by atoms with Crippen LogP contribution in [0.1, 0.15) is 43.9 Å². The van der Waals surface area contributed by atoms with E-state index < -0.39 is 0 Å². The molecule has 0 bridgehead atoms. The molecule has 1 fully saturated rings. The van der Waals surface area contributed by atoms with E-state index >= 15 is 0 Å². The summed E-state index contributed by atoms with van der Waals surface area (Å²) >= 11 is 0. The van der Waals surface area contributed by atoms with Crippen molar-refractivity contribution in [3.8, 4) is 5.75 Å². The van der Waals surface area contributed by atoms with Gasteiger partial charge in [0.05, 0.1) is 13.2 Å². The minimum atomic E-state index is -0.324. The zero-order chi connectivity index (χ0) is 15.2. The Morgan fingerprint density at radius 3 is 2.62 bits per heavy atom. The smallest absolute Gasteiger partial charge is 0.123 e. The fourth-order valence-corrected chi connectivity index (χ4v) is 2.84. The Balaban J connectivity index is 2.08. The van der Waals surface area contributed by atoms with Crippen molar-refractivity contribution in [2.24, 2.45) is 0 Å². The number of nitrogens with zero attached hydrogens (tertiary/aromatic N) is 1. The van der Waals surface area contributed by atoms with Crippen LogP contribution in [0, 0.1) is 0 Å². The molecule has 2 unspecified atom stereocenters. The number of likely N-dealkylation sites (tertiary alicyclic amines) is 1. The van der Waals surface area contributed by atoms with Gasteiger partial charge >= 0.3 is 0 Å². The second kappa shape index (κ2) is 7.78. The van der Waals surface area contributed by atoms with Gasteiger partial charge in [0.1, 0.15) is 5.75 Å². The summed E-state index contributed by atoms with van der Waals surface area (Å²) in [4.78, 5) is 2.48. The van der Waals surface area contributed by atoms with Crippen LogP contribution in [0.15, 0.2) is 18.2 Å². The van der Waals surface area contributed by atoms with Gasteiger partial charge in [-0.05, 0) is 57.5 Å². The molecule has 4 heteroatoms. The predicted octanol–water partition coefficient (Wildman–Crippen LogP) is 2.32. The first-order valence-corrected chi connectivity index (χ1v) is 7.90. The highest BCUT2D eigenvalue weighted by molar-refractivity contribution is 5.38. The predicted molar refractivity (Wildman–Crippen MR) is 85.6 cm³/mol. The van der Waals surface area contributed by atoms with Crippen molar-refractivity contribution in [3.05, 3.63) is 29.3 Å². The van der Waals surface area contributed by atoms with Crippen LogP contribution in [0.3, 0.4) is 0 Å². The van der Waals surface area contributed by atoms with E-state index in [9.17, 15) is 5.11 Å². The molecule has 1 aromatic carbocycles. The number of methoxy groups -OCH3 is 1. The van der Waals surface area contributed by atoms with E-state index in [0.29, 0.717) is 6.54 Å². The second-order valence-corrected chi connectivity index (χ2v) is 6.03. The van der Waals surface area contributed by atoms with Crippen molar-refractivity contribution in [1.82, 2.24) is 10.2 Å². The summed E-state index contributed by atoms with van der Waals surface area (Å²) in [6, 6.07) is 6.62. The molecule has 0 radical (unpaired) electrons. The monoisotopic (exact) mass is 292 g/mol. The maximum atomic E-state index is 9.39. The molecule has 2 atom stereocenters. The van der Waals surface area contributed by atoms with Gasteiger partial charge in [-0.2, -0.15) is 0 Å². The molecular weight excluding hydrogens is 264 g/mol. The molecule has 2 rings (SSSR count). The summed E-state index contributed by atoms with van der Waals surface area (Å²) in [7, 11) is 1.73. The number of rotatable bonds is 7. The van der Waals surface area contributed by atoms with E-state index in [-0.39, 0.29) is 12.1 Å². The molecule has 1 aliphatic heterocycles. The molecule has 0 aromatic heterocycles. The first kappa shape index (κ1) is 16.3. The summed E-state index contributed by atoms with van der Waals surface area (Å²) < 4.78 is 5.50. The highest BCUT2D eigenvalue weighted by atomic mass is 16.5. The third-order valence-electron chi connectivity index (χ3n) is 4.12. The molecule has 0 spiro atoms. The zero-order valence-electron chi connectivity index (χ0n) is 13.4. The third-order valence-corrected chi connectivity index (χ3v) is 4.12. The lowest BCUT2D eigenvalue weighted by molar-refractivity contribution is 0.187. The van der Waals surface area contributed by atoms with Gasteiger partial charge in [0, 0.05) is 24.7 Å². The molecule has 0 aliphatic carbocycles. The van der Waals surface area contributed by atoms with Crippen LogP contribution in [-0.4, -0.2) is 42.9 Å². The highest BCUT2D eigenvalue weighted by Gasteiger charge is 2.16. The van der Waals surface area contributed by atoms with Crippen LogP contribution in [-0.2, 0) is 6.54 Å². The Hall–Kier alpha value is -1.10. The number of nitrogens with one attached hydrogen (secondary N) is 1. The summed E-state index contributed by atoms with van der Waals surface area (Å²) in [5.74, 6) is 0.966. The van der Waals surface area contributed by atoms with Gasteiger partial charge in [0.25, 0.3) is 0 Å². The van der Waals surface area contributed by atoms with Gasteiger partial charge in [-0.1, -0.05) is 6.07 Å². The Kier molecular flexibility index (Phi) is 6.03. The Morgan fingerprint density at radius 2 is 2.00 bits per heavy atom. The molecule has 1 saturated heterocycles. The quantitative estimate of drug-likeness (QED) is 0.809. The standard InChI is InChI=1S/C17H28N2O2/c1-13(20)11-18-14(2)15-6-7-17(21-3)16(10-15)12-19-8-4-5-9-19/h6-7,10,13-14,18,20H,4-5,8-9,11-12H2,1-3H3. The van der Waals surface area contributed by atoms with E-state index in [4.69, 9.17) is 4.74 Å². The number of hydrogen-bond acceptors (Lipinski definition) is 4. The summed E-state index contributed by atoms with van der Waals surface area (Å²) in [6.07, 6.45) is 2.28. The molecule has 1 heterocycles. The summed E-state index contributed by atoms with van der Waals surface area (Å²) in [6.45, 7) is 7.86. The molecule has 4 nitrogen and oxygen atoms in total. The van der Waals surface area contributed by atoms with E-state index in [1.807, 2.05) is 0 Å². The second-order valence-electron chi connectivity index (χ2n) is 6.03. The van der Waals surface area contributed by atoms with E-state index in [1.165, 1.54) is 37.1 Å². The molecule has 21 heavy (non-hydrogen) atoms. The van der Waals surface area contributed by atoms with Crippen molar-refractivity contribution in [1.29, 1.82) is 0 Å². The van der Waals surface area contributed by atoms with Crippen LogP contribution in [0.4, 0.5) is 0 Å². The topological polar surface area (TPSA) is 44.7 Å². The van der Waals surface area contributed by atoms with Crippen molar-refractivity contribution >= 4 is 0 Å². The molecule has 0 amide bonds. The molecule has 118 valence electrons. The van der Waals surface area contributed by atoms with Crippen LogP contribution in [0.2, 0.25) is 0 Å². The third kappa shape index (κ3) is 4.70. The Bertz CT molecular complexity index is 442. The average molecular weight is 292 g/mol. The van der Waals surface area contributed by atoms with Gasteiger partial charge in [-0.3, -0.25) is 4.90 Å². The van der Waals surface area contributed by atoms with E-state index in [0.717, 1.165) is 12.3 Å². The summed E-state index contributed by atoms with van der Waals surface area (Å²) in [5, 5.41) is 12.7. The average Bonchev–Trinajstić information content (AvgIpc) is 2.97. The van der Waals surface area contributed by atoms with Crippen LogP contribution >= 0.6 is 0 Å². The largest absolute Gasteiger partial charge is 0.496 e. The maximum absolute atomic E-state index is 9.39. The fourth-order valence-electron chi connectivity index (χ4n) is 2.84. The lowest BCUT2D eigenvalue weighted by Gasteiger charge is -2.20. The van der Waals surface area contributed by atoms with Crippen molar-refractivity contribution in [3.63, 3.8) is 0 Å². The van der Waals surface area contributed by atoms with Gasteiger partial charge in [0.15, 0.2) is 0 Å². The van der Waals surface area contributed by atoms with Crippen molar-refractivity contribution < 1.29 is 9.84 Å². The van der Waals surface area contributed by atoms with Crippen LogP contribution < -0.4 is 10.1 Å². The normalized spacial score (nSPS) is 18.7. The highest BCUT2D eigenvalue weighted by Crippen LogP contribution is 2.26. The fraction of sp³-hybridized carbons (Fsp3) is 0.647. The van der Waals surface area contributed by atoms with E-state index in [1.54, 1.807) is 14.0 Å². The SMILES string of the molecule is COc1ccc(C(C)NCC(C)O)cc1CN1CCCC1. The Labute approximate surface area is 128 Å². The first-order valence-electron chi connectivity index (χ1n) is 7.90. The van der Waals surface area contributed by atoms with Crippen molar-refractivity contribution in [2.75, 3.05) is 26.7 Å². The number of benzene rings is 1. The Morgan fingerprint density at radius 1 is 1.29 bits per heavy atom. The lowest BCUT2D eigenvalue weighted by atomic mass is 10.0. The zero-order valence-corrected chi connectivity index (χ0v) is 13.4. The number of aliphatic hydroxyl groups excluding tert-OH is 1. The van der Waals surface area contributed by atoms with Gasteiger partial charge in [-0.15, -0.1) is 0 Å². The maximum Gasteiger partial charge on any atom is 0.123 e. The summed E-state index contributed by atoms with van der Waals surface area (Å²) in [5.41, 5.74) is 2.49. The lowest BCUT2D eigenvalue weighted by Crippen LogP contribution is -2.27. The molecule has 2 N–H and O–H groups in total. The van der Waals surface area contributed by atoms with Gasteiger partial charge in [0.2, 0.25) is 0 Å². The molecule has 1 aromatic rings. The van der Waals surface area contributed by atoms with Gasteiger partial charge in [-0.25, -0.2) is 0 Å². The van der Waals surface area contributed by atoms with Crippen LogP contribution in [0.25, 0.3) is 0 Å². The number of ether oxygens (including phenoxy) is 1. The van der Waals surface area contributed by atoms with Crippen molar-refractivity contribution in [2.45, 2.75) is 45.4 Å². The molecular formula is C17H28N2O2. The first-order chi connectivity index (χ1) is 10.1. The van der Waals surface area contributed by atoms with E-state index in [2.05, 4.69) is 35.3 Å². The number of aliphatic hydroxyl groups is 1. The van der Waals surface area contributed by atoms with Crippen LogP contribution in [0.5, 0.6) is 5.75 Å². The minimum absolute atomic E-state index is 0.225. The molecule has 1 aliphatic rings. The minimum Gasteiger partial charge on any atom is -0.496 e. The number of hydrogen-bond donors (Lipinski definition) is 2. The molecule has 0 saturated carbocycles. The van der Waals surface area contributed by atoms with Gasteiger partial charge < -0.3 is 15.2 Å².